The standard InChI is InChI=1S/C11H18N2O4/c1-4-7(2)8(3)12-11(17)13-9(14)5-6-10(15)16/h5-8H,4H2,1-3H3,(H,15,16)(H2,12,13,14,17)/b6-5+. The van der Waals surface area contributed by atoms with Crippen LogP contribution in [0.3, 0.4) is 0 Å². The molecule has 96 valence electrons. The van der Waals surface area contributed by atoms with Crippen molar-refractivity contribution < 1.29 is 19.5 Å². The molecule has 0 saturated heterocycles. The fraction of sp³-hybridized carbons (Fsp3) is 0.545. The van der Waals surface area contributed by atoms with Crippen molar-refractivity contribution in [2.75, 3.05) is 0 Å². The largest absolute Gasteiger partial charge is 0.478 e. The van der Waals surface area contributed by atoms with Gasteiger partial charge in [-0.25, -0.2) is 9.59 Å². The minimum Gasteiger partial charge on any atom is -0.478 e. The lowest BCUT2D eigenvalue weighted by molar-refractivity contribution is -0.131. The van der Waals surface area contributed by atoms with E-state index < -0.39 is 17.9 Å². The number of amides is 3. The highest BCUT2D eigenvalue weighted by atomic mass is 16.4. The van der Waals surface area contributed by atoms with Gasteiger partial charge in [0, 0.05) is 18.2 Å². The summed E-state index contributed by atoms with van der Waals surface area (Å²) in [5, 5.41) is 12.9. The maximum absolute atomic E-state index is 11.3. The lowest BCUT2D eigenvalue weighted by Crippen LogP contribution is -2.45. The third-order valence-electron chi connectivity index (χ3n) is 2.47. The molecule has 3 amide bonds. The van der Waals surface area contributed by atoms with Gasteiger partial charge >= 0.3 is 12.0 Å². The third-order valence-corrected chi connectivity index (χ3v) is 2.47. The minimum atomic E-state index is -1.24. The van der Waals surface area contributed by atoms with Crippen LogP contribution in [0.2, 0.25) is 0 Å². The van der Waals surface area contributed by atoms with E-state index in [0.717, 1.165) is 12.5 Å². The van der Waals surface area contributed by atoms with Crippen molar-refractivity contribution >= 4 is 17.9 Å². The molecule has 6 nitrogen and oxygen atoms in total. The maximum atomic E-state index is 11.3. The Hall–Kier alpha value is -1.85. The van der Waals surface area contributed by atoms with Crippen LogP contribution in [-0.2, 0) is 9.59 Å². The van der Waals surface area contributed by atoms with Crippen LogP contribution in [0.1, 0.15) is 27.2 Å². The third kappa shape index (κ3) is 7.10. The molecule has 0 radical (unpaired) electrons. The van der Waals surface area contributed by atoms with Gasteiger partial charge in [-0.1, -0.05) is 20.3 Å². The Morgan fingerprint density at radius 2 is 1.82 bits per heavy atom. The highest BCUT2D eigenvalue weighted by Crippen LogP contribution is 2.05. The number of aliphatic carboxylic acids is 1. The van der Waals surface area contributed by atoms with E-state index in [9.17, 15) is 14.4 Å². The first-order valence-corrected chi connectivity index (χ1v) is 5.39. The molecule has 0 rings (SSSR count). The molecular weight excluding hydrogens is 224 g/mol. The molecule has 0 aromatic heterocycles. The number of imide groups is 1. The smallest absolute Gasteiger partial charge is 0.328 e. The maximum Gasteiger partial charge on any atom is 0.328 e. The van der Waals surface area contributed by atoms with Crippen LogP contribution in [0.15, 0.2) is 12.2 Å². The zero-order chi connectivity index (χ0) is 13.4. The molecule has 0 heterocycles. The van der Waals surface area contributed by atoms with Crippen LogP contribution in [0.25, 0.3) is 0 Å². The Morgan fingerprint density at radius 1 is 1.24 bits per heavy atom. The second-order valence-electron chi connectivity index (χ2n) is 3.81. The van der Waals surface area contributed by atoms with Crippen LogP contribution in [0.5, 0.6) is 0 Å². The van der Waals surface area contributed by atoms with Crippen molar-refractivity contribution in [3.63, 3.8) is 0 Å². The van der Waals surface area contributed by atoms with Crippen LogP contribution >= 0.6 is 0 Å². The molecule has 17 heavy (non-hydrogen) atoms. The number of carbonyl (C=O) groups is 3. The lowest BCUT2D eigenvalue weighted by Gasteiger charge is -2.19. The topological polar surface area (TPSA) is 95.5 Å². The number of carbonyl (C=O) groups excluding carboxylic acids is 2. The van der Waals surface area contributed by atoms with Gasteiger partial charge in [0.05, 0.1) is 0 Å². The monoisotopic (exact) mass is 242 g/mol. The summed E-state index contributed by atoms with van der Waals surface area (Å²) in [6, 6.07) is -0.686. The zero-order valence-electron chi connectivity index (χ0n) is 10.2. The quantitative estimate of drug-likeness (QED) is 0.624. The van der Waals surface area contributed by atoms with Crippen molar-refractivity contribution in [2.45, 2.75) is 33.2 Å². The Morgan fingerprint density at radius 3 is 2.29 bits per heavy atom. The Labute approximate surface area is 100 Å². The molecule has 0 aromatic rings. The molecule has 0 aliphatic rings. The normalized spacial score (nSPS) is 14.1. The molecule has 0 spiro atoms. The fourth-order valence-electron chi connectivity index (χ4n) is 1.04. The van der Waals surface area contributed by atoms with Gasteiger partial charge in [-0.2, -0.15) is 0 Å². The van der Waals surface area contributed by atoms with Crippen molar-refractivity contribution in [3.05, 3.63) is 12.2 Å². The molecule has 6 heteroatoms. The number of hydrogen-bond acceptors (Lipinski definition) is 3. The first-order valence-electron chi connectivity index (χ1n) is 5.39. The van der Waals surface area contributed by atoms with Crippen LogP contribution < -0.4 is 10.6 Å². The van der Waals surface area contributed by atoms with E-state index in [1.165, 1.54) is 0 Å². The summed E-state index contributed by atoms with van der Waals surface area (Å²) in [7, 11) is 0. The van der Waals surface area contributed by atoms with Gasteiger partial charge in [0.1, 0.15) is 0 Å². The summed E-state index contributed by atoms with van der Waals surface area (Å²) in [4.78, 5) is 32.5. The van der Waals surface area contributed by atoms with Crippen molar-refractivity contribution in [2.24, 2.45) is 5.92 Å². The fourth-order valence-corrected chi connectivity index (χ4v) is 1.04. The summed E-state index contributed by atoms with van der Waals surface area (Å²) in [5.41, 5.74) is 0. The van der Waals surface area contributed by atoms with Gasteiger partial charge in [-0.05, 0) is 12.8 Å². The Bertz CT molecular complexity index is 325. The van der Waals surface area contributed by atoms with Gasteiger partial charge in [-0.15, -0.1) is 0 Å². The summed E-state index contributed by atoms with van der Waals surface area (Å²) in [6.07, 6.45) is 2.37. The zero-order valence-corrected chi connectivity index (χ0v) is 10.2. The first-order chi connectivity index (χ1) is 7.86. The van der Waals surface area contributed by atoms with Crippen LogP contribution in [-0.4, -0.2) is 29.1 Å². The lowest BCUT2D eigenvalue weighted by atomic mass is 10.0. The number of rotatable bonds is 5. The van der Waals surface area contributed by atoms with Crippen molar-refractivity contribution in [3.8, 4) is 0 Å². The molecule has 2 atom stereocenters. The average Bonchev–Trinajstić information content (AvgIpc) is 2.24. The van der Waals surface area contributed by atoms with E-state index in [1.807, 2.05) is 26.1 Å². The van der Waals surface area contributed by atoms with Crippen molar-refractivity contribution in [1.29, 1.82) is 0 Å². The van der Waals surface area contributed by atoms with E-state index in [1.54, 1.807) is 0 Å². The molecule has 0 aliphatic heterocycles. The van der Waals surface area contributed by atoms with E-state index in [2.05, 4.69) is 5.32 Å². The highest BCUT2D eigenvalue weighted by molar-refractivity contribution is 6.02. The number of carboxylic acids is 1. The van der Waals surface area contributed by atoms with Gasteiger partial charge in [0.15, 0.2) is 0 Å². The molecule has 0 bridgehead atoms. The SMILES string of the molecule is CCC(C)C(C)NC(=O)NC(=O)/C=C/C(=O)O. The molecular formula is C11H18N2O4. The number of urea groups is 1. The van der Waals surface area contributed by atoms with Crippen molar-refractivity contribution in [1.82, 2.24) is 10.6 Å². The number of hydrogen-bond donors (Lipinski definition) is 3. The van der Waals surface area contributed by atoms with E-state index in [-0.39, 0.29) is 6.04 Å². The van der Waals surface area contributed by atoms with Gasteiger partial charge in [0.2, 0.25) is 0 Å². The molecule has 3 N–H and O–H groups in total. The van der Waals surface area contributed by atoms with Crippen LogP contribution in [0, 0.1) is 5.92 Å². The van der Waals surface area contributed by atoms with E-state index in [0.29, 0.717) is 12.0 Å². The highest BCUT2D eigenvalue weighted by Gasteiger charge is 2.13. The molecule has 0 aliphatic carbocycles. The molecule has 0 fully saturated rings. The number of carboxylic acid groups (broad SMARTS) is 1. The number of nitrogens with one attached hydrogen (secondary N) is 2. The van der Waals surface area contributed by atoms with Gasteiger partial charge in [0.25, 0.3) is 5.91 Å². The second kappa shape index (κ2) is 7.43. The van der Waals surface area contributed by atoms with E-state index in [4.69, 9.17) is 5.11 Å². The van der Waals surface area contributed by atoms with Gasteiger partial charge < -0.3 is 10.4 Å². The average molecular weight is 242 g/mol. The summed E-state index contributed by atoms with van der Waals surface area (Å²) in [6.45, 7) is 5.82. The Balaban J connectivity index is 4.10. The summed E-state index contributed by atoms with van der Waals surface area (Å²) in [5.74, 6) is -1.71. The van der Waals surface area contributed by atoms with E-state index >= 15 is 0 Å². The summed E-state index contributed by atoms with van der Waals surface area (Å²) >= 11 is 0. The molecule has 0 aromatic carbocycles. The van der Waals surface area contributed by atoms with Gasteiger partial charge in [-0.3, -0.25) is 10.1 Å². The predicted octanol–water partition coefficient (Wildman–Crippen LogP) is 0.888. The minimum absolute atomic E-state index is 0.0590. The summed E-state index contributed by atoms with van der Waals surface area (Å²) < 4.78 is 0. The first kappa shape index (κ1) is 15.2. The molecule has 0 saturated carbocycles. The molecule has 2 unspecified atom stereocenters. The Kier molecular flexibility index (Phi) is 6.62. The van der Waals surface area contributed by atoms with Crippen LogP contribution in [0.4, 0.5) is 4.79 Å². The second-order valence-corrected chi connectivity index (χ2v) is 3.81. The predicted molar refractivity (Wildman–Crippen MR) is 62.4 cm³/mol.